The fraction of sp³-hybridized carbons (Fsp3) is 0.320. The van der Waals surface area contributed by atoms with Crippen molar-refractivity contribution in [2.24, 2.45) is 0 Å². The van der Waals surface area contributed by atoms with E-state index in [0.29, 0.717) is 22.9 Å². The van der Waals surface area contributed by atoms with Crippen LogP contribution in [0.3, 0.4) is 0 Å². The lowest BCUT2D eigenvalue weighted by Crippen LogP contribution is -2.44. The molecule has 0 spiro atoms. The Balaban J connectivity index is 1.45. The number of carbonyl (C=O) groups excluding carboxylic acids is 1. The Morgan fingerprint density at radius 2 is 1.81 bits per heavy atom. The number of nitrogens with one attached hydrogen (secondary N) is 1. The van der Waals surface area contributed by atoms with Crippen LogP contribution in [0, 0.1) is 5.82 Å². The second-order valence-electron chi connectivity index (χ2n) is 8.26. The maximum atomic E-state index is 14.8. The lowest BCUT2D eigenvalue weighted by Gasteiger charge is -2.34. The molecule has 36 heavy (non-hydrogen) atoms. The maximum Gasteiger partial charge on any atom is 0.420 e. The average molecular weight is 497 g/mol. The minimum atomic E-state index is -0.686. The van der Waals surface area contributed by atoms with E-state index in [1.807, 2.05) is 4.90 Å². The molecule has 1 aliphatic rings. The second-order valence-corrected chi connectivity index (χ2v) is 8.26. The predicted octanol–water partition coefficient (Wildman–Crippen LogP) is 3.76. The highest BCUT2D eigenvalue weighted by molar-refractivity contribution is 5.88. The molecule has 1 saturated heterocycles. The van der Waals surface area contributed by atoms with E-state index in [0.717, 1.165) is 26.2 Å². The smallest absolute Gasteiger partial charge is 0.420 e. The zero-order valence-electron chi connectivity index (χ0n) is 20.7. The summed E-state index contributed by atoms with van der Waals surface area (Å²) in [7, 11) is 6.57. The summed E-state index contributed by atoms with van der Waals surface area (Å²) in [5.74, 6) is 1.27. The van der Waals surface area contributed by atoms with Crippen LogP contribution in [0.25, 0.3) is 0 Å². The van der Waals surface area contributed by atoms with Crippen molar-refractivity contribution in [2.45, 2.75) is 0 Å². The molecule has 1 N–H and O–H groups in total. The predicted molar refractivity (Wildman–Crippen MR) is 135 cm³/mol. The van der Waals surface area contributed by atoms with Gasteiger partial charge in [-0.3, -0.25) is 4.90 Å². The standard InChI is InChI=1S/C25H29FN6O4/c1-30-11-13-32(14-12-30)20-7-5-17(15-19(20)26)28-24-27-10-9-23(29-24)31(2)25(33)36-22-16-18(34-3)6-8-21(22)35-4/h5-10,15-16H,11-14H2,1-4H3,(H,27,28,29). The van der Waals surface area contributed by atoms with Gasteiger partial charge in [-0.05, 0) is 43.4 Å². The number of carbonyl (C=O) groups is 1. The van der Waals surface area contributed by atoms with Crippen LogP contribution in [0.5, 0.6) is 17.2 Å². The number of halogens is 1. The third-order valence-corrected chi connectivity index (χ3v) is 5.87. The van der Waals surface area contributed by atoms with Crippen LogP contribution in [-0.4, -0.2) is 75.5 Å². The molecule has 2 aromatic carbocycles. The van der Waals surface area contributed by atoms with E-state index in [1.54, 1.807) is 36.4 Å². The van der Waals surface area contributed by atoms with Gasteiger partial charge in [0.15, 0.2) is 11.5 Å². The van der Waals surface area contributed by atoms with E-state index >= 15 is 0 Å². The van der Waals surface area contributed by atoms with Gasteiger partial charge >= 0.3 is 6.09 Å². The molecule has 1 fully saturated rings. The van der Waals surface area contributed by atoms with Gasteiger partial charge in [0.1, 0.15) is 17.4 Å². The number of methoxy groups -OCH3 is 2. The molecule has 3 aromatic rings. The molecule has 1 aliphatic heterocycles. The minimum absolute atomic E-state index is 0.206. The van der Waals surface area contributed by atoms with Gasteiger partial charge in [0.25, 0.3) is 0 Å². The molecule has 0 radical (unpaired) electrons. The number of aromatic nitrogens is 2. The van der Waals surface area contributed by atoms with E-state index < -0.39 is 6.09 Å². The van der Waals surface area contributed by atoms with E-state index in [9.17, 15) is 9.18 Å². The molecule has 1 aromatic heterocycles. The topological polar surface area (TPSA) is 92.3 Å². The van der Waals surface area contributed by atoms with Gasteiger partial charge in [-0.25, -0.2) is 14.2 Å². The summed E-state index contributed by atoms with van der Waals surface area (Å²) in [6, 6.07) is 11.4. The monoisotopic (exact) mass is 496 g/mol. The fourth-order valence-corrected chi connectivity index (χ4v) is 3.73. The van der Waals surface area contributed by atoms with Crippen molar-refractivity contribution in [3.63, 3.8) is 0 Å². The molecule has 2 heterocycles. The van der Waals surface area contributed by atoms with Gasteiger partial charge in [0.2, 0.25) is 5.95 Å². The number of benzene rings is 2. The number of hydrogen-bond donors (Lipinski definition) is 1. The van der Waals surface area contributed by atoms with Crippen LogP contribution < -0.4 is 29.3 Å². The molecule has 10 nitrogen and oxygen atoms in total. The second kappa shape index (κ2) is 11.1. The molecule has 4 rings (SSSR count). The van der Waals surface area contributed by atoms with Crippen molar-refractivity contribution in [1.29, 1.82) is 0 Å². The number of piperazine rings is 1. The normalized spacial score (nSPS) is 13.8. The Bertz CT molecular complexity index is 1220. The van der Waals surface area contributed by atoms with Gasteiger partial charge in [-0.15, -0.1) is 0 Å². The van der Waals surface area contributed by atoms with E-state index in [2.05, 4.69) is 27.2 Å². The quantitative estimate of drug-likeness (QED) is 0.525. The fourth-order valence-electron chi connectivity index (χ4n) is 3.73. The van der Waals surface area contributed by atoms with E-state index in [1.165, 1.54) is 38.4 Å². The van der Waals surface area contributed by atoms with E-state index in [4.69, 9.17) is 14.2 Å². The summed E-state index contributed by atoms with van der Waals surface area (Å²) >= 11 is 0. The molecule has 11 heteroatoms. The van der Waals surface area contributed by atoms with Gasteiger partial charge < -0.3 is 29.3 Å². The first kappa shape index (κ1) is 25.0. The zero-order valence-corrected chi connectivity index (χ0v) is 20.7. The summed E-state index contributed by atoms with van der Waals surface area (Å²) in [5.41, 5.74) is 1.06. The van der Waals surface area contributed by atoms with Crippen molar-refractivity contribution >= 4 is 29.2 Å². The Hall–Kier alpha value is -4.12. The van der Waals surface area contributed by atoms with Crippen molar-refractivity contribution in [1.82, 2.24) is 14.9 Å². The first-order valence-corrected chi connectivity index (χ1v) is 11.4. The lowest BCUT2D eigenvalue weighted by molar-refractivity contribution is 0.206. The van der Waals surface area contributed by atoms with Crippen molar-refractivity contribution in [2.75, 3.05) is 69.6 Å². The number of hydrogen-bond acceptors (Lipinski definition) is 9. The van der Waals surface area contributed by atoms with Gasteiger partial charge in [0, 0.05) is 51.2 Å². The molecule has 1 amide bonds. The molecular formula is C25H29FN6O4. The summed E-state index contributed by atoms with van der Waals surface area (Å²) < 4.78 is 30.8. The highest BCUT2D eigenvalue weighted by atomic mass is 19.1. The van der Waals surface area contributed by atoms with Crippen LogP contribution in [0.4, 0.5) is 32.3 Å². The highest BCUT2D eigenvalue weighted by Crippen LogP contribution is 2.32. The Morgan fingerprint density at radius 1 is 1.03 bits per heavy atom. The van der Waals surface area contributed by atoms with Crippen molar-refractivity contribution in [3.8, 4) is 17.2 Å². The summed E-state index contributed by atoms with van der Waals surface area (Å²) in [4.78, 5) is 26.8. The molecule has 0 unspecified atom stereocenters. The molecule has 0 saturated carbocycles. The maximum absolute atomic E-state index is 14.8. The van der Waals surface area contributed by atoms with Gasteiger partial charge in [0.05, 0.1) is 19.9 Å². The number of ether oxygens (including phenoxy) is 3. The molecule has 0 bridgehead atoms. The SMILES string of the molecule is COc1ccc(OC)c(OC(=O)N(C)c2ccnc(Nc3ccc(N4CCN(C)CC4)c(F)c3)n2)c1. The van der Waals surface area contributed by atoms with Crippen molar-refractivity contribution in [3.05, 3.63) is 54.5 Å². The number of rotatable bonds is 7. The lowest BCUT2D eigenvalue weighted by atomic mass is 10.2. The third kappa shape index (κ3) is 5.74. The molecule has 0 aliphatic carbocycles. The van der Waals surface area contributed by atoms with E-state index in [-0.39, 0.29) is 23.3 Å². The third-order valence-electron chi connectivity index (χ3n) is 5.87. The average Bonchev–Trinajstić information content (AvgIpc) is 2.89. The summed E-state index contributed by atoms with van der Waals surface area (Å²) in [6.45, 7) is 3.33. The zero-order chi connectivity index (χ0) is 25.7. The number of amides is 1. The van der Waals surface area contributed by atoms with Crippen LogP contribution in [-0.2, 0) is 0 Å². The summed E-state index contributed by atoms with van der Waals surface area (Å²) in [5, 5.41) is 2.99. The number of anilines is 4. The molecule has 0 atom stereocenters. The van der Waals surface area contributed by atoms with Crippen LogP contribution in [0.15, 0.2) is 48.7 Å². The van der Waals surface area contributed by atoms with Crippen LogP contribution in [0.1, 0.15) is 0 Å². The van der Waals surface area contributed by atoms with Gasteiger partial charge in [-0.2, -0.15) is 4.98 Å². The first-order chi connectivity index (χ1) is 17.4. The Labute approximate surface area is 209 Å². The summed E-state index contributed by atoms with van der Waals surface area (Å²) in [6.07, 6.45) is 0.809. The first-order valence-electron chi connectivity index (χ1n) is 11.4. The number of likely N-dealkylation sites (N-methyl/N-ethyl adjacent to an activating group) is 1. The van der Waals surface area contributed by atoms with Crippen LogP contribution >= 0.6 is 0 Å². The Morgan fingerprint density at radius 3 is 2.50 bits per heavy atom. The highest BCUT2D eigenvalue weighted by Gasteiger charge is 2.20. The van der Waals surface area contributed by atoms with Crippen LogP contribution in [0.2, 0.25) is 0 Å². The van der Waals surface area contributed by atoms with Crippen molar-refractivity contribution < 1.29 is 23.4 Å². The van der Waals surface area contributed by atoms with Gasteiger partial charge in [-0.1, -0.05) is 0 Å². The molecular weight excluding hydrogens is 467 g/mol. The minimum Gasteiger partial charge on any atom is -0.497 e. The largest absolute Gasteiger partial charge is 0.497 e. The Kier molecular flexibility index (Phi) is 7.69. The number of nitrogens with zero attached hydrogens (tertiary/aromatic N) is 5. The molecule has 190 valence electrons.